The Bertz CT molecular complexity index is 1920. The predicted octanol–water partition coefficient (Wildman–Crippen LogP) is 6.08. The predicted molar refractivity (Wildman–Crippen MR) is 211 cm³/mol. The fourth-order valence-electron chi connectivity index (χ4n) is 7.43. The molecular formula is C45H49N3O8. The highest BCUT2D eigenvalue weighted by molar-refractivity contribution is 5.86. The highest BCUT2D eigenvalue weighted by atomic mass is 16.6. The lowest BCUT2D eigenvalue weighted by molar-refractivity contribution is -0.155. The SMILES string of the molecule is COC[C@@H]1NC(=O)[C@@H](CC(=O)N(CCO)Cc2ccccc2)CC=CCC[C@H](NC(=O)OCC2c3ccccc3-c3ccccc32)C(=O)O[C@H]1c1ccccc1. The van der Waals surface area contributed by atoms with Crippen LogP contribution in [0.5, 0.6) is 0 Å². The summed E-state index contributed by atoms with van der Waals surface area (Å²) in [5, 5.41) is 15.5. The van der Waals surface area contributed by atoms with Crippen molar-refractivity contribution in [2.75, 3.05) is 33.5 Å². The van der Waals surface area contributed by atoms with Gasteiger partial charge >= 0.3 is 12.1 Å². The third-order valence-corrected chi connectivity index (χ3v) is 10.3. The molecule has 0 spiro atoms. The molecule has 3 amide bonds. The van der Waals surface area contributed by atoms with Gasteiger partial charge in [0.05, 0.1) is 25.2 Å². The number of amides is 3. The molecule has 2 aliphatic rings. The van der Waals surface area contributed by atoms with Gasteiger partial charge in [-0.1, -0.05) is 121 Å². The molecule has 292 valence electrons. The summed E-state index contributed by atoms with van der Waals surface area (Å²) in [6, 6.07) is 32.7. The minimum absolute atomic E-state index is 0.00972. The number of methoxy groups -OCH3 is 1. The number of hydrogen-bond donors (Lipinski definition) is 3. The molecule has 1 aliphatic carbocycles. The van der Waals surface area contributed by atoms with Crippen LogP contribution in [0.3, 0.4) is 0 Å². The van der Waals surface area contributed by atoms with Crippen molar-refractivity contribution in [1.29, 1.82) is 0 Å². The van der Waals surface area contributed by atoms with E-state index in [0.717, 1.165) is 27.8 Å². The number of carbonyl (C=O) groups excluding carboxylic acids is 4. The highest BCUT2D eigenvalue weighted by Crippen LogP contribution is 2.44. The molecule has 6 rings (SSSR count). The number of nitrogens with zero attached hydrogens (tertiary/aromatic N) is 1. The first-order chi connectivity index (χ1) is 27.4. The fraction of sp³-hybridized carbons (Fsp3) is 0.333. The van der Waals surface area contributed by atoms with Gasteiger partial charge in [-0.2, -0.15) is 0 Å². The van der Waals surface area contributed by atoms with E-state index in [1.807, 2.05) is 84.9 Å². The van der Waals surface area contributed by atoms with Crippen LogP contribution >= 0.6 is 0 Å². The van der Waals surface area contributed by atoms with E-state index in [4.69, 9.17) is 14.2 Å². The van der Waals surface area contributed by atoms with Gasteiger partial charge < -0.3 is 34.9 Å². The number of hydrogen-bond acceptors (Lipinski definition) is 8. The monoisotopic (exact) mass is 759 g/mol. The summed E-state index contributed by atoms with van der Waals surface area (Å²) < 4.78 is 17.5. The molecule has 4 aromatic rings. The van der Waals surface area contributed by atoms with Gasteiger partial charge in [0.1, 0.15) is 18.8 Å². The van der Waals surface area contributed by atoms with E-state index >= 15 is 0 Å². The normalized spacial score (nSPS) is 19.9. The number of esters is 1. The van der Waals surface area contributed by atoms with Gasteiger partial charge in [0.25, 0.3) is 0 Å². The van der Waals surface area contributed by atoms with Crippen molar-refractivity contribution in [3.63, 3.8) is 0 Å². The number of ether oxygens (including phenoxy) is 3. The lowest BCUT2D eigenvalue weighted by Gasteiger charge is -2.31. The molecule has 11 nitrogen and oxygen atoms in total. The first-order valence-corrected chi connectivity index (χ1v) is 19.1. The molecule has 1 heterocycles. The maximum Gasteiger partial charge on any atom is 0.407 e. The molecule has 0 bridgehead atoms. The summed E-state index contributed by atoms with van der Waals surface area (Å²) in [7, 11) is 1.48. The maximum absolute atomic E-state index is 14.0. The Balaban J connectivity index is 1.20. The average molecular weight is 760 g/mol. The van der Waals surface area contributed by atoms with Gasteiger partial charge in [-0.3, -0.25) is 9.59 Å². The number of nitrogens with one attached hydrogen (secondary N) is 2. The Morgan fingerprint density at radius 1 is 0.857 bits per heavy atom. The van der Waals surface area contributed by atoms with E-state index in [9.17, 15) is 24.3 Å². The number of benzene rings is 4. The first-order valence-electron chi connectivity index (χ1n) is 19.1. The second kappa shape index (κ2) is 19.7. The quantitative estimate of drug-likeness (QED) is 0.117. The topological polar surface area (TPSA) is 144 Å². The Morgan fingerprint density at radius 3 is 2.16 bits per heavy atom. The van der Waals surface area contributed by atoms with Crippen LogP contribution in [-0.2, 0) is 35.1 Å². The lowest BCUT2D eigenvalue weighted by Crippen LogP contribution is -2.49. The molecule has 3 N–H and O–H groups in total. The fourth-order valence-corrected chi connectivity index (χ4v) is 7.43. The number of cyclic esters (lactones) is 1. The van der Waals surface area contributed by atoms with E-state index in [0.29, 0.717) is 18.5 Å². The molecule has 0 aromatic heterocycles. The van der Waals surface area contributed by atoms with Crippen LogP contribution in [0, 0.1) is 5.92 Å². The summed E-state index contributed by atoms with van der Waals surface area (Å²) in [5.41, 5.74) is 5.87. The molecule has 0 fully saturated rings. The Kier molecular flexibility index (Phi) is 14.0. The number of rotatable bonds is 12. The number of allylic oxidation sites excluding steroid dienone is 2. The largest absolute Gasteiger partial charge is 0.454 e. The molecule has 0 radical (unpaired) electrons. The molecular weight excluding hydrogens is 711 g/mol. The van der Waals surface area contributed by atoms with Gasteiger partial charge in [0.15, 0.2) is 0 Å². The summed E-state index contributed by atoms with van der Waals surface area (Å²) in [4.78, 5) is 56.7. The summed E-state index contributed by atoms with van der Waals surface area (Å²) in [6.07, 6.45) is 2.61. The number of fused-ring (bicyclic) bond motifs is 3. The second-order valence-electron chi connectivity index (χ2n) is 14.1. The Morgan fingerprint density at radius 2 is 1.50 bits per heavy atom. The zero-order valence-electron chi connectivity index (χ0n) is 31.5. The molecule has 56 heavy (non-hydrogen) atoms. The van der Waals surface area contributed by atoms with E-state index < -0.39 is 42.1 Å². The first kappa shape index (κ1) is 39.9. The number of aliphatic hydroxyl groups is 1. The van der Waals surface area contributed by atoms with Gasteiger partial charge in [-0.05, 0) is 52.6 Å². The van der Waals surface area contributed by atoms with Gasteiger partial charge in [-0.25, -0.2) is 9.59 Å². The third kappa shape index (κ3) is 10.1. The third-order valence-electron chi connectivity index (χ3n) is 10.3. The number of aliphatic hydroxyl groups excluding tert-OH is 1. The summed E-state index contributed by atoms with van der Waals surface area (Å²) >= 11 is 0. The van der Waals surface area contributed by atoms with Crippen molar-refractivity contribution in [3.8, 4) is 11.1 Å². The van der Waals surface area contributed by atoms with Crippen molar-refractivity contribution in [1.82, 2.24) is 15.5 Å². The van der Waals surface area contributed by atoms with Crippen LogP contribution in [0.1, 0.15) is 60.0 Å². The highest BCUT2D eigenvalue weighted by Gasteiger charge is 2.35. The van der Waals surface area contributed by atoms with Crippen LogP contribution in [-0.4, -0.2) is 79.4 Å². The molecule has 0 saturated carbocycles. The number of alkyl carbamates (subject to hydrolysis) is 1. The van der Waals surface area contributed by atoms with Crippen LogP contribution < -0.4 is 10.6 Å². The standard InChI is InChI=1S/C45H49N3O8/c1-54-30-40-42(32-17-7-3-8-18-32)56-44(52)39(47-45(53)55-29-38-36-22-13-11-20-34(36)35-21-12-14-23-37(35)38)24-10-4-9-19-33(43(51)46-40)27-41(50)48(25-26-49)28-31-15-5-2-6-16-31/h2-9,11-18,20-23,33,38-40,42,49H,10,19,24-30H2,1H3,(H,46,51)(H,47,53)/t33-,39+,40+,42+/m1/s1. The van der Waals surface area contributed by atoms with E-state index in [-0.39, 0.29) is 57.5 Å². The van der Waals surface area contributed by atoms with Crippen LogP contribution in [0.15, 0.2) is 121 Å². The smallest absolute Gasteiger partial charge is 0.407 e. The Hall–Kier alpha value is -5.78. The van der Waals surface area contributed by atoms with Gasteiger partial charge in [-0.15, -0.1) is 0 Å². The summed E-state index contributed by atoms with van der Waals surface area (Å²) in [6.45, 7) is 0.261. The van der Waals surface area contributed by atoms with Crippen LogP contribution in [0.4, 0.5) is 4.79 Å². The molecule has 0 unspecified atom stereocenters. The van der Waals surface area contributed by atoms with Crippen molar-refractivity contribution in [2.24, 2.45) is 5.92 Å². The van der Waals surface area contributed by atoms with Crippen molar-refractivity contribution in [2.45, 2.75) is 56.3 Å². The minimum Gasteiger partial charge on any atom is -0.454 e. The molecule has 11 heteroatoms. The number of carbonyl (C=O) groups is 4. The molecule has 1 aliphatic heterocycles. The molecule has 4 atom stereocenters. The van der Waals surface area contributed by atoms with Crippen LogP contribution in [0.2, 0.25) is 0 Å². The van der Waals surface area contributed by atoms with Gasteiger partial charge in [0, 0.05) is 32.5 Å². The van der Waals surface area contributed by atoms with E-state index in [1.54, 1.807) is 29.2 Å². The molecule has 4 aromatic carbocycles. The molecule has 0 saturated heterocycles. The summed E-state index contributed by atoms with van der Waals surface area (Å²) in [5.74, 6) is -2.29. The van der Waals surface area contributed by atoms with E-state index in [2.05, 4.69) is 22.8 Å². The second-order valence-corrected chi connectivity index (χ2v) is 14.1. The van der Waals surface area contributed by atoms with Crippen molar-refractivity contribution < 1.29 is 38.5 Å². The van der Waals surface area contributed by atoms with Crippen molar-refractivity contribution in [3.05, 3.63) is 144 Å². The maximum atomic E-state index is 14.0. The van der Waals surface area contributed by atoms with Gasteiger partial charge in [0.2, 0.25) is 11.8 Å². The minimum atomic E-state index is -1.07. The zero-order valence-corrected chi connectivity index (χ0v) is 31.5. The lowest BCUT2D eigenvalue weighted by atomic mass is 9.96. The van der Waals surface area contributed by atoms with Crippen molar-refractivity contribution >= 4 is 23.9 Å². The van der Waals surface area contributed by atoms with Crippen LogP contribution in [0.25, 0.3) is 11.1 Å². The zero-order chi connectivity index (χ0) is 39.3. The Labute approximate surface area is 327 Å². The van der Waals surface area contributed by atoms with E-state index in [1.165, 1.54) is 7.11 Å². The average Bonchev–Trinajstić information content (AvgIpc) is 3.54.